The van der Waals surface area contributed by atoms with Crippen molar-refractivity contribution in [3.8, 4) is 0 Å². The highest BCUT2D eigenvalue weighted by molar-refractivity contribution is 7.99. The Bertz CT molecular complexity index is 710. The molecule has 0 atom stereocenters. The molecule has 0 aliphatic heterocycles. The molecule has 2 rings (SSSR count). The molecule has 0 saturated heterocycles. The highest BCUT2D eigenvalue weighted by atomic mass is 32.2. The molecule has 126 valence electrons. The fourth-order valence-corrected chi connectivity index (χ4v) is 2.34. The van der Waals surface area contributed by atoms with E-state index in [0.717, 1.165) is 17.3 Å². The molecule has 0 aliphatic carbocycles. The Hall–Kier alpha value is -2.61. The summed E-state index contributed by atoms with van der Waals surface area (Å²) in [4.78, 5) is 31.3. The van der Waals surface area contributed by atoms with Crippen molar-refractivity contribution in [2.45, 2.75) is 18.7 Å². The molecular formula is C16H17N3O4S. The number of hydrogen-bond donors (Lipinski definition) is 1. The number of rotatable bonds is 7. The van der Waals surface area contributed by atoms with Gasteiger partial charge in [0, 0.05) is 6.20 Å². The van der Waals surface area contributed by atoms with Gasteiger partial charge in [0.25, 0.3) is 0 Å². The van der Waals surface area contributed by atoms with Crippen LogP contribution in [0.5, 0.6) is 0 Å². The third-order valence-electron chi connectivity index (χ3n) is 2.85. The van der Waals surface area contributed by atoms with Gasteiger partial charge in [-0.25, -0.2) is 14.8 Å². The standard InChI is InChI=1S/C16H17N3O4S/c1-2-22-15(21)12-8-18-16(19-14(12)17)24-10-13(20)23-9-11-6-4-3-5-7-11/h3-8H,2,9-10H2,1H3,(H2,17,18,19). The van der Waals surface area contributed by atoms with Gasteiger partial charge in [-0.1, -0.05) is 42.1 Å². The van der Waals surface area contributed by atoms with E-state index in [1.807, 2.05) is 30.3 Å². The van der Waals surface area contributed by atoms with Gasteiger partial charge in [-0.2, -0.15) is 0 Å². The number of thioether (sulfide) groups is 1. The van der Waals surface area contributed by atoms with Crippen LogP contribution in [0.2, 0.25) is 0 Å². The van der Waals surface area contributed by atoms with E-state index in [0.29, 0.717) is 0 Å². The molecule has 0 fully saturated rings. The second-order valence-electron chi connectivity index (χ2n) is 4.61. The van der Waals surface area contributed by atoms with Crippen LogP contribution in [0.25, 0.3) is 0 Å². The molecule has 0 bridgehead atoms. The van der Waals surface area contributed by atoms with E-state index in [4.69, 9.17) is 15.2 Å². The van der Waals surface area contributed by atoms with Gasteiger partial charge < -0.3 is 15.2 Å². The average molecular weight is 347 g/mol. The lowest BCUT2D eigenvalue weighted by molar-refractivity contribution is -0.141. The third-order valence-corrected chi connectivity index (χ3v) is 3.69. The summed E-state index contributed by atoms with van der Waals surface area (Å²) in [6.45, 7) is 2.15. The number of benzene rings is 1. The largest absolute Gasteiger partial charge is 0.462 e. The smallest absolute Gasteiger partial charge is 0.343 e. The van der Waals surface area contributed by atoms with E-state index in [2.05, 4.69) is 9.97 Å². The summed E-state index contributed by atoms with van der Waals surface area (Å²) in [6, 6.07) is 9.39. The number of carbonyl (C=O) groups is 2. The first-order valence-corrected chi connectivity index (χ1v) is 8.20. The third kappa shape index (κ3) is 5.24. The Labute approximate surface area is 143 Å². The number of esters is 2. The number of nitrogen functional groups attached to an aromatic ring is 1. The van der Waals surface area contributed by atoms with E-state index in [9.17, 15) is 9.59 Å². The molecular weight excluding hydrogens is 330 g/mol. The van der Waals surface area contributed by atoms with Crippen molar-refractivity contribution in [1.29, 1.82) is 0 Å². The summed E-state index contributed by atoms with van der Waals surface area (Å²) in [7, 11) is 0. The summed E-state index contributed by atoms with van der Waals surface area (Å²) < 4.78 is 9.99. The quantitative estimate of drug-likeness (QED) is 0.461. The second-order valence-corrected chi connectivity index (χ2v) is 5.55. The maximum absolute atomic E-state index is 11.7. The topological polar surface area (TPSA) is 104 Å². The van der Waals surface area contributed by atoms with E-state index in [1.54, 1.807) is 6.92 Å². The maximum atomic E-state index is 11.7. The van der Waals surface area contributed by atoms with Gasteiger partial charge in [0.2, 0.25) is 0 Å². The molecule has 1 aromatic carbocycles. The maximum Gasteiger partial charge on any atom is 0.343 e. The van der Waals surface area contributed by atoms with Crippen LogP contribution in [0, 0.1) is 0 Å². The van der Waals surface area contributed by atoms with Crippen molar-refractivity contribution >= 4 is 29.5 Å². The number of anilines is 1. The monoisotopic (exact) mass is 347 g/mol. The first-order valence-electron chi connectivity index (χ1n) is 7.22. The lowest BCUT2D eigenvalue weighted by Crippen LogP contribution is -2.11. The van der Waals surface area contributed by atoms with Gasteiger partial charge in [-0.15, -0.1) is 0 Å². The van der Waals surface area contributed by atoms with E-state index < -0.39 is 5.97 Å². The minimum atomic E-state index is -0.575. The summed E-state index contributed by atoms with van der Waals surface area (Å²) in [5.74, 6) is -0.900. The molecule has 7 nitrogen and oxygen atoms in total. The fraction of sp³-hybridized carbons (Fsp3) is 0.250. The van der Waals surface area contributed by atoms with Gasteiger partial charge in [0.1, 0.15) is 18.0 Å². The minimum Gasteiger partial charge on any atom is -0.462 e. The number of ether oxygens (including phenoxy) is 2. The van der Waals surface area contributed by atoms with Crippen LogP contribution in [0.1, 0.15) is 22.8 Å². The highest BCUT2D eigenvalue weighted by Crippen LogP contribution is 2.17. The molecule has 1 aromatic heterocycles. The Morgan fingerprint density at radius 3 is 2.62 bits per heavy atom. The van der Waals surface area contributed by atoms with E-state index in [1.165, 1.54) is 6.20 Å². The molecule has 8 heteroatoms. The average Bonchev–Trinajstić information content (AvgIpc) is 2.59. The van der Waals surface area contributed by atoms with Gasteiger partial charge in [-0.3, -0.25) is 4.79 Å². The summed E-state index contributed by atoms with van der Waals surface area (Å²) in [6.07, 6.45) is 1.29. The number of nitrogens with two attached hydrogens (primary N) is 1. The second kappa shape index (κ2) is 8.88. The van der Waals surface area contributed by atoms with E-state index >= 15 is 0 Å². The zero-order chi connectivity index (χ0) is 17.4. The fourth-order valence-electron chi connectivity index (χ4n) is 1.72. The van der Waals surface area contributed by atoms with Crippen LogP contribution < -0.4 is 5.73 Å². The van der Waals surface area contributed by atoms with Crippen molar-refractivity contribution in [2.75, 3.05) is 18.1 Å². The van der Waals surface area contributed by atoms with Crippen molar-refractivity contribution < 1.29 is 19.1 Å². The van der Waals surface area contributed by atoms with Crippen molar-refractivity contribution in [2.24, 2.45) is 0 Å². The predicted molar refractivity (Wildman–Crippen MR) is 89.4 cm³/mol. The molecule has 0 saturated carbocycles. The highest BCUT2D eigenvalue weighted by Gasteiger charge is 2.14. The van der Waals surface area contributed by atoms with Crippen LogP contribution >= 0.6 is 11.8 Å². The number of nitrogens with zero attached hydrogens (tertiary/aromatic N) is 2. The number of carbonyl (C=O) groups excluding carboxylic acids is 2. The lowest BCUT2D eigenvalue weighted by atomic mass is 10.2. The van der Waals surface area contributed by atoms with Crippen molar-refractivity contribution in [3.05, 3.63) is 47.7 Å². The molecule has 0 amide bonds. The number of hydrogen-bond acceptors (Lipinski definition) is 8. The molecule has 2 N–H and O–H groups in total. The summed E-state index contributed by atoms with van der Waals surface area (Å²) in [5, 5.41) is 0.289. The Balaban J connectivity index is 1.84. The van der Waals surface area contributed by atoms with Crippen LogP contribution in [-0.2, 0) is 20.9 Å². The Morgan fingerprint density at radius 1 is 1.21 bits per heavy atom. The van der Waals surface area contributed by atoms with Crippen molar-refractivity contribution in [1.82, 2.24) is 9.97 Å². The molecule has 0 aliphatic rings. The molecule has 1 heterocycles. The lowest BCUT2D eigenvalue weighted by Gasteiger charge is -2.06. The SMILES string of the molecule is CCOC(=O)c1cnc(SCC(=O)OCc2ccccc2)nc1N. The normalized spacial score (nSPS) is 10.2. The van der Waals surface area contributed by atoms with Crippen LogP contribution in [0.3, 0.4) is 0 Å². The Morgan fingerprint density at radius 2 is 1.96 bits per heavy atom. The van der Waals surface area contributed by atoms with Crippen LogP contribution in [-0.4, -0.2) is 34.3 Å². The molecule has 24 heavy (non-hydrogen) atoms. The first kappa shape index (κ1) is 17.7. The molecule has 0 unspecified atom stereocenters. The number of aromatic nitrogens is 2. The predicted octanol–water partition coefficient (Wildman–Crippen LogP) is 2.07. The van der Waals surface area contributed by atoms with Gasteiger partial charge in [-0.05, 0) is 12.5 Å². The van der Waals surface area contributed by atoms with Crippen molar-refractivity contribution in [3.63, 3.8) is 0 Å². The van der Waals surface area contributed by atoms with E-state index in [-0.39, 0.29) is 41.5 Å². The van der Waals surface area contributed by atoms with Crippen LogP contribution in [0.4, 0.5) is 5.82 Å². The molecule has 0 spiro atoms. The van der Waals surface area contributed by atoms with Crippen LogP contribution in [0.15, 0.2) is 41.7 Å². The zero-order valence-electron chi connectivity index (χ0n) is 13.1. The first-order chi connectivity index (χ1) is 11.6. The minimum absolute atomic E-state index is 0.0172. The summed E-state index contributed by atoms with van der Waals surface area (Å²) >= 11 is 1.08. The molecule has 0 radical (unpaired) electrons. The van der Waals surface area contributed by atoms with Gasteiger partial charge >= 0.3 is 11.9 Å². The summed E-state index contributed by atoms with van der Waals surface area (Å²) in [5.41, 5.74) is 6.73. The molecule has 2 aromatic rings. The van der Waals surface area contributed by atoms with Gasteiger partial charge in [0.05, 0.1) is 12.4 Å². The Kier molecular flexibility index (Phi) is 6.56. The zero-order valence-corrected chi connectivity index (χ0v) is 13.9. The van der Waals surface area contributed by atoms with Gasteiger partial charge in [0.15, 0.2) is 5.16 Å².